The first kappa shape index (κ1) is 10.0. The lowest BCUT2D eigenvalue weighted by Gasteiger charge is -2.15. The summed E-state index contributed by atoms with van der Waals surface area (Å²) >= 11 is 0. The van der Waals surface area contributed by atoms with E-state index in [1.807, 2.05) is 0 Å². The molecule has 80 valence electrons. The first-order valence-electron chi connectivity index (χ1n) is 4.93. The Bertz CT molecular complexity index is 342. The van der Waals surface area contributed by atoms with Crippen LogP contribution in [0.4, 0.5) is 0 Å². The van der Waals surface area contributed by atoms with E-state index in [-0.39, 0.29) is 18.4 Å². The maximum Gasteiger partial charge on any atom is 0.223 e. The van der Waals surface area contributed by atoms with E-state index in [1.54, 1.807) is 17.2 Å². The monoisotopic (exact) mass is 207 g/mol. The molecule has 1 aromatic heterocycles. The first-order valence-corrected chi connectivity index (χ1v) is 4.93. The van der Waals surface area contributed by atoms with Crippen LogP contribution in [-0.2, 0) is 11.3 Å². The second-order valence-corrected chi connectivity index (χ2v) is 3.73. The average Bonchev–Trinajstić information content (AvgIpc) is 2.61. The zero-order valence-electron chi connectivity index (χ0n) is 8.33. The summed E-state index contributed by atoms with van der Waals surface area (Å²) in [6, 6.07) is 1.79. The second kappa shape index (κ2) is 4.35. The molecule has 0 radical (unpaired) electrons. The topological polar surface area (TPSA) is 66.3 Å². The summed E-state index contributed by atoms with van der Waals surface area (Å²) < 4.78 is 0. The van der Waals surface area contributed by atoms with Crippen LogP contribution >= 0.6 is 0 Å². The summed E-state index contributed by atoms with van der Waals surface area (Å²) in [5.41, 5.74) is 0.830. The van der Waals surface area contributed by atoms with Gasteiger partial charge in [-0.25, -0.2) is 9.97 Å². The van der Waals surface area contributed by atoms with Gasteiger partial charge in [0.2, 0.25) is 5.91 Å². The van der Waals surface area contributed by atoms with E-state index in [4.69, 9.17) is 5.11 Å². The molecular weight excluding hydrogens is 194 g/mol. The van der Waals surface area contributed by atoms with Gasteiger partial charge < -0.3 is 10.0 Å². The molecule has 0 spiro atoms. The van der Waals surface area contributed by atoms with Gasteiger partial charge >= 0.3 is 0 Å². The SMILES string of the molecule is O=C1CC(CO)CN1Cc1ccncn1. The summed E-state index contributed by atoms with van der Waals surface area (Å²) in [4.78, 5) is 21.1. The van der Waals surface area contributed by atoms with Crippen molar-refractivity contribution >= 4 is 5.91 Å². The van der Waals surface area contributed by atoms with Crippen LogP contribution in [0.25, 0.3) is 0 Å². The van der Waals surface area contributed by atoms with Gasteiger partial charge in [-0.2, -0.15) is 0 Å². The number of aliphatic hydroxyl groups is 1. The lowest BCUT2D eigenvalue weighted by atomic mass is 10.1. The van der Waals surface area contributed by atoms with Gasteiger partial charge in [0.25, 0.3) is 0 Å². The highest BCUT2D eigenvalue weighted by atomic mass is 16.3. The molecule has 1 saturated heterocycles. The van der Waals surface area contributed by atoms with Gasteiger partial charge in [0, 0.05) is 31.7 Å². The molecule has 15 heavy (non-hydrogen) atoms. The second-order valence-electron chi connectivity index (χ2n) is 3.73. The number of hydrogen-bond donors (Lipinski definition) is 1. The number of amides is 1. The third kappa shape index (κ3) is 2.30. The molecule has 1 fully saturated rings. The summed E-state index contributed by atoms with van der Waals surface area (Å²) in [5.74, 6) is 0.173. The number of nitrogens with zero attached hydrogens (tertiary/aromatic N) is 3. The normalized spacial score (nSPS) is 21.0. The van der Waals surface area contributed by atoms with E-state index >= 15 is 0 Å². The molecule has 2 heterocycles. The van der Waals surface area contributed by atoms with Gasteiger partial charge in [0.05, 0.1) is 12.2 Å². The molecule has 0 aromatic carbocycles. The van der Waals surface area contributed by atoms with Crippen LogP contribution in [0.1, 0.15) is 12.1 Å². The zero-order valence-corrected chi connectivity index (χ0v) is 8.33. The minimum atomic E-state index is 0.0754. The molecule has 1 amide bonds. The maximum absolute atomic E-state index is 11.5. The van der Waals surface area contributed by atoms with Crippen LogP contribution in [0.15, 0.2) is 18.6 Å². The van der Waals surface area contributed by atoms with Crippen molar-refractivity contribution in [1.82, 2.24) is 14.9 Å². The lowest BCUT2D eigenvalue weighted by Crippen LogP contribution is -2.25. The van der Waals surface area contributed by atoms with E-state index in [2.05, 4.69) is 9.97 Å². The zero-order chi connectivity index (χ0) is 10.7. The summed E-state index contributed by atoms with van der Waals surface area (Å²) in [6.45, 7) is 1.21. The predicted molar refractivity (Wildman–Crippen MR) is 52.6 cm³/mol. The molecule has 1 unspecified atom stereocenters. The Hall–Kier alpha value is -1.49. The van der Waals surface area contributed by atoms with Crippen molar-refractivity contribution in [3.8, 4) is 0 Å². The standard InChI is InChI=1S/C10H13N3O2/c14-6-8-3-10(15)13(4-8)5-9-1-2-11-7-12-9/h1-2,7-8,14H,3-6H2. The van der Waals surface area contributed by atoms with Crippen molar-refractivity contribution in [2.24, 2.45) is 5.92 Å². The molecular formula is C10H13N3O2. The van der Waals surface area contributed by atoms with Crippen molar-refractivity contribution in [1.29, 1.82) is 0 Å². The molecule has 1 aliphatic rings. The largest absolute Gasteiger partial charge is 0.396 e. The molecule has 1 aliphatic heterocycles. The van der Waals surface area contributed by atoms with Gasteiger partial charge in [0.15, 0.2) is 0 Å². The maximum atomic E-state index is 11.5. The van der Waals surface area contributed by atoms with Crippen molar-refractivity contribution in [2.45, 2.75) is 13.0 Å². The Labute approximate surface area is 87.8 Å². The Morgan fingerprint density at radius 1 is 1.60 bits per heavy atom. The lowest BCUT2D eigenvalue weighted by molar-refractivity contribution is -0.128. The third-order valence-electron chi connectivity index (χ3n) is 2.55. The fourth-order valence-electron chi connectivity index (χ4n) is 1.74. The first-order chi connectivity index (χ1) is 7.29. The molecule has 1 N–H and O–H groups in total. The van der Waals surface area contributed by atoms with E-state index in [9.17, 15) is 4.79 Å². The van der Waals surface area contributed by atoms with Crippen molar-refractivity contribution < 1.29 is 9.90 Å². The van der Waals surface area contributed by atoms with Crippen molar-refractivity contribution in [3.05, 3.63) is 24.3 Å². The van der Waals surface area contributed by atoms with Crippen LogP contribution in [0.5, 0.6) is 0 Å². The highest BCUT2D eigenvalue weighted by molar-refractivity contribution is 5.78. The van der Waals surface area contributed by atoms with Crippen LogP contribution in [0.3, 0.4) is 0 Å². The smallest absolute Gasteiger partial charge is 0.223 e. The van der Waals surface area contributed by atoms with E-state index < -0.39 is 0 Å². The fraction of sp³-hybridized carbons (Fsp3) is 0.500. The van der Waals surface area contributed by atoms with Gasteiger partial charge in [-0.1, -0.05) is 0 Å². The number of rotatable bonds is 3. The van der Waals surface area contributed by atoms with Crippen molar-refractivity contribution in [3.63, 3.8) is 0 Å². The van der Waals surface area contributed by atoms with E-state index in [0.717, 1.165) is 5.69 Å². The summed E-state index contributed by atoms with van der Waals surface area (Å²) in [6.07, 6.45) is 3.58. The third-order valence-corrected chi connectivity index (χ3v) is 2.55. The average molecular weight is 207 g/mol. The van der Waals surface area contributed by atoms with Crippen LogP contribution in [0.2, 0.25) is 0 Å². The van der Waals surface area contributed by atoms with Crippen LogP contribution in [-0.4, -0.2) is 39.0 Å². The van der Waals surface area contributed by atoms with Gasteiger partial charge in [-0.15, -0.1) is 0 Å². The van der Waals surface area contributed by atoms with Gasteiger partial charge in [-0.05, 0) is 6.07 Å². The quantitative estimate of drug-likeness (QED) is 0.746. The van der Waals surface area contributed by atoms with Gasteiger partial charge in [-0.3, -0.25) is 4.79 Å². The van der Waals surface area contributed by atoms with Crippen molar-refractivity contribution in [2.75, 3.05) is 13.2 Å². The van der Waals surface area contributed by atoms with Crippen LogP contribution < -0.4 is 0 Å². The number of likely N-dealkylation sites (tertiary alicyclic amines) is 1. The predicted octanol–water partition coefficient (Wildman–Crippen LogP) is -0.183. The molecule has 0 saturated carbocycles. The Morgan fingerprint density at radius 3 is 3.07 bits per heavy atom. The summed E-state index contributed by atoms with van der Waals surface area (Å²) in [7, 11) is 0. The van der Waals surface area contributed by atoms with E-state index in [1.165, 1.54) is 6.33 Å². The molecule has 2 rings (SSSR count). The molecule has 1 atom stereocenters. The minimum absolute atomic E-state index is 0.0754. The van der Waals surface area contributed by atoms with Crippen LogP contribution in [0, 0.1) is 5.92 Å². The summed E-state index contributed by atoms with van der Waals surface area (Å²) in [5, 5.41) is 8.96. The van der Waals surface area contributed by atoms with Gasteiger partial charge in [0.1, 0.15) is 6.33 Å². The number of carbonyl (C=O) groups is 1. The highest BCUT2D eigenvalue weighted by Crippen LogP contribution is 2.18. The Kier molecular flexibility index (Phi) is 2.91. The Balaban J connectivity index is 1.99. The minimum Gasteiger partial charge on any atom is -0.396 e. The fourth-order valence-corrected chi connectivity index (χ4v) is 1.74. The van der Waals surface area contributed by atoms with E-state index in [0.29, 0.717) is 19.5 Å². The molecule has 0 bridgehead atoms. The number of carbonyl (C=O) groups excluding carboxylic acids is 1. The molecule has 0 aliphatic carbocycles. The highest BCUT2D eigenvalue weighted by Gasteiger charge is 2.28. The number of aromatic nitrogens is 2. The molecule has 5 nitrogen and oxygen atoms in total. The number of hydrogen-bond acceptors (Lipinski definition) is 4. The number of aliphatic hydroxyl groups excluding tert-OH is 1. The molecule has 1 aromatic rings. The Morgan fingerprint density at radius 2 is 2.47 bits per heavy atom. The molecule has 5 heteroatoms.